The van der Waals surface area contributed by atoms with Crippen molar-refractivity contribution in [1.82, 2.24) is 0 Å². The molecule has 0 heterocycles. The minimum absolute atomic E-state index is 0.0216. The molecule has 0 amide bonds. The lowest BCUT2D eigenvalue weighted by Gasteiger charge is -2.12. The summed E-state index contributed by atoms with van der Waals surface area (Å²) in [7, 11) is 4.02. The van der Waals surface area contributed by atoms with E-state index in [9.17, 15) is 23.5 Å². The molecule has 0 fully saturated rings. The Morgan fingerprint density at radius 3 is 2.26 bits per heavy atom. The van der Waals surface area contributed by atoms with Gasteiger partial charge < -0.3 is 24.6 Å². The minimum Gasteiger partial charge on any atom is -0.545 e. The molecule has 2 N–H and O–H groups in total. The van der Waals surface area contributed by atoms with E-state index in [-0.39, 0.29) is 16.9 Å². The van der Waals surface area contributed by atoms with Crippen LogP contribution >= 0.6 is 0 Å². The molecule has 0 bridgehead atoms. The van der Waals surface area contributed by atoms with Crippen LogP contribution in [-0.4, -0.2) is 44.3 Å². The molecule has 0 aromatic heterocycles. The first kappa shape index (κ1) is 22.2. The number of aliphatic hydroxyl groups excluding tert-OH is 1. The topological polar surface area (TPSA) is 91.1 Å². The molecular weight excluding hydrogens is 360 g/mol. The van der Waals surface area contributed by atoms with Crippen LogP contribution in [0.4, 0.5) is 8.78 Å². The average molecular weight is 381 g/mol. The number of aliphatic hydroxyl groups is 1. The third-order valence-electron chi connectivity index (χ3n) is 3.31. The molecule has 0 saturated heterocycles. The highest BCUT2D eigenvalue weighted by molar-refractivity contribution is 5.92. The average Bonchev–Trinajstić information content (AvgIpc) is 2.55. The zero-order valence-electron chi connectivity index (χ0n) is 15.2. The number of ether oxygens (including phenoxy) is 1. The summed E-state index contributed by atoms with van der Waals surface area (Å²) in [4.78, 5) is 23.3. The van der Waals surface area contributed by atoms with Gasteiger partial charge in [-0.15, -0.1) is 0 Å². The first-order valence-corrected chi connectivity index (χ1v) is 8.04. The number of benzene rings is 2. The van der Waals surface area contributed by atoms with Gasteiger partial charge >= 0.3 is 5.97 Å². The standard InChI is InChI=1S/C15H10F2O4.C4H11NO/c1-8(18)21-14-5-2-9(6-12(14)15(19)20)11-4-3-10(16)7-13(11)17;1-5(2)3-4-6/h2-7H,1H3,(H,19,20);6H,3-4H2,1-2H3. The predicted octanol–water partition coefficient (Wildman–Crippen LogP) is 0.0438. The highest BCUT2D eigenvalue weighted by atomic mass is 19.1. The number of rotatable bonds is 5. The van der Waals surface area contributed by atoms with Crippen LogP contribution in [0.5, 0.6) is 5.75 Å². The van der Waals surface area contributed by atoms with Crippen LogP contribution in [0, 0.1) is 11.6 Å². The number of halogens is 2. The van der Waals surface area contributed by atoms with E-state index in [4.69, 9.17) is 9.84 Å². The van der Waals surface area contributed by atoms with Gasteiger partial charge in [0.2, 0.25) is 0 Å². The molecule has 27 heavy (non-hydrogen) atoms. The fourth-order valence-electron chi connectivity index (χ4n) is 2.05. The molecule has 0 spiro atoms. The molecule has 2 aromatic rings. The molecule has 0 aliphatic rings. The van der Waals surface area contributed by atoms with Gasteiger partial charge in [0, 0.05) is 24.1 Å². The third-order valence-corrected chi connectivity index (χ3v) is 3.31. The third kappa shape index (κ3) is 7.12. The Morgan fingerprint density at radius 1 is 1.15 bits per heavy atom. The molecule has 0 radical (unpaired) electrons. The summed E-state index contributed by atoms with van der Waals surface area (Å²) in [6, 6.07) is 6.60. The number of carbonyl (C=O) groups excluding carboxylic acids is 2. The summed E-state index contributed by atoms with van der Waals surface area (Å²) >= 11 is 0. The molecule has 8 heteroatoms. The van der Waals surface area contributed by atoms with Crippen molar-refractivity contribution in [2.45, 2.75) is 6.92 Å². The largest absolute Gasteiger partial charge is 0.545 e. The number of hydrogen-bond acceptors (Lipinski definition) is 5. The first-order valence-electron chi connectivity index (χ1n) is 8.04. The monoisotopic (exact) mass is 381 g/mol. The van der Waals surface area contributed by atoms with Gasteiger partial charge in [-0.05, 0) is 29.8 Å². The Kier molecular flexibility index (Phi) is 8.50. The fraction of sp³-hybridized carbons (Fsp3) is 0.263. The van der Waals surface area contributed by atoms with Crippen LogP contribution in [0.1, 0.15) is 17.3 Å². The highest BCUT2D eigenvalue weighted by Gasteiger charge is 2.12. The van der Waals surface area contributed by atoms with Crippen molar-refractivity contribution in [3.05, 3.63) is 53.6 Å². The van der Waals surface area contributed by atoms with Crippen molar-refractivity contribution in [1.29, 1.82) is 0 Å². The smallest absolute Gasteiger partial charge is 0.308 e. The molecule has 146 valence electrons. The number of hydrogen-bond donors (Lipinski definition) is 2. The van der Waals surface area contributed by atoms with Gasteiger partial charge in [-0.25, -0.2) is 8.78 Å². The fourth-order valence-corrected chi connectivity index (χ4v) is 2.05. The summed E-state index contributed by atoms with van der Waals surface area (Å²) in [5.74, 6) is -4.05. The Labute approximate surface area is 155 Å². The Hall–Kier alpha value is -2.84. The summed E-state index contributed by atoms with van der Waals surface area (Å²) in [5.41, 5.74) is -0.178. The number of esters is 1. The maximum atomic E-state index is 13.7. The van der Waals surface area contributed by atoms with E-state index in [1.54, 1.807) is 0 Å². The maximum absolute atomic E-state index is 13.7. The molecule has 0 unspecified atom stereocenters. The number of aromatic carboxylic acids is 1. The van der Waals surface area contributed by atoms with Crippen molar-refractivity contribution in [3.8, 4) is 16.9 Å². The van der Waals surface area contributed by atoms with Gasteiger partial charge in [0.1, 0.15) is 23.9 Å². The van der Waals surface area contributed by atoms with Crippen LogP contribution < -0.4 is 14.7 Å². The predicted molar refractivity (Wildman–Crippen MR) is 92.2 cm³/mol. The number of carboxylic acid groups (broad SMARTS) is 1. The highest BCUT2D eigenvalue weighted by Crippen LogP contribution is 2.28. The van der Waals surface area contributed by atoms with E-state index in [0.29, 0.717) is 12.7 Å². The Morgan fingerprint density at radius 2 is 1.81 bits per heavy atom. The van der Waals surface area contributed by atoms with Crippen molar-refractivity contribution >= 4 is 11.9 Å². The van der Waals surface area contributed by atoms with E-state index >= 15 is 0 Å². The van der Waals surface area contributed by atoms with E-state index < -0.39 is 29.1 Å². The summed E-state index contributed by atoms with van der Waals surface area (Å²) < 4.78 is 31.3. The number of carbonyl (C=O) groups is 2. The van der Waals surface area contributed by atoms with Gasteiger partial charge in [-0.1, -0.05) is 6.07 Å². The zero-order valence-corrected chi connectivity index (χ0v) is 15.2. The summed E-state index contributed by atoms with van der Waals surface area (Å²) in [5, 5.41) is 19.3. The van der Waals surface area contributed by atoms with Crippen LogP contribution in [0.15, 0.2) is 36.4 Å². The molecule has 0 atom stereocenters. The SMILES string of the molecule is CC(=O)Oc1ccc(-c2ccc(F)cc2F)cc1C(=O)[O-].C[NH+](C)CCO. The van der Waals surface area contributed by atoms with Crippen LogP contribution in [-0.2, 0) is 4.79 Å². The zero-order chi connectivity index (χ0) is 20.6. The van der Waals surface area contributed by atoms with E-state index in [1.807, 2.05) is 14.1 Å². The number of nitrogens with one attached hydrogen (secondary N) is 1. The van der Waals surface area contributed by atoms with E-state index in [0.717, 1.165) is 25.6 Å². The van der Waals surface area contributed by atoms with Crippen molar-refractivity contribution in [3.63, 3.8) is 0 Å². The molecule has 0 aliphatic carbocycles. The second-order valence-electron chi connectivity index (χ2n) is 5.90. The van der Waals surface area contributed by atoms with Gasteiger partial charge in [-0.2, -0.15) is 0 Å². The molecule has 6 nitrogen and oxygen atoms in total. The molecular formula is C19H21F2NO5. The number of likely N-dealkylation sites (N-methyl/N-ethyl adjacent to an activating group) is 1. The molecule has 0 saturated carbocycles. The lowest BCUT2D eigenvalue weighted by molar-refractivity contribution is -0.858. The quantitative estimate of drug-likeness (QED) is 0.564. The second kappa shape index (κ2) is 10.3. The van der Waals surface area contributed by atoms with Crippen LogP contribution in [0.25, 0.3) is 11.1 Å². The van der Waals surface area contributed by atoms with Crippen LogP contribution in [0.3, 0.4) is 0 Å². The number of quaternary nitrogens is 1. The van der Waals surface area contributed by atoms with E-state index in [1.165, 1.54) is 23.1 Å². The first-order chi connectivity index (χ1) is 12.6. The second-order valence-corrected chi connectivity index (χ2v) is 5.90. The molecule has 2 aromatic carbocycles. The minimum atomic E-state index is -1.57. The normalized spacial score (nSPS) is 10.2. The van der Waals surface area contributed by atoms with Crippen molar-refractivity contribution in [2.75, 3.05) is 27.2 Å². The van der Waals surface area contributed by atoms with E-state index in [2.05, 4.69) is 0 Å². The van der Waals surface area contributed by atoms with Crippen molar-refractivity contribution in [2.24, 2.45) is 0 Å². The Balaban J connectivity index is 0.000000527. The summed E-state index contributed by atoms with van der Waals surface area (Å²) in [6.07, 6.45) is 0. The molecule has 2 rings (SSSR count). The number of carboxylic acids is 1. The van der Waals surface area contributed by atoms with Gasteiger partial charge in [0.05, 0.1) is 26.7 Å². The Bertz CT molecular complexity index is 809. The lowest BCUT2D eigenvalue weighted by atomic mass is 10.0. The lowest BCUT2D eigenvalue weighted by Crippen LogP contribution is -3.06. The van der Waals surface area contributed by atoms with Crippen LogP contribution in [0.2, 0.25) is 0 Å². The van der Waals surface area contributed by atoms with Gasteiger partial charge in [0.25, 0.3) is 0 Å². The maximum Gasteiger partial charge on any atom is 0.308 e. The van der Waals surface area contributed by atoms with Crippen molar-refractivity contribution < 1.29 is 38.2 Å². The summed E-state index contributed by atoms with van der Waals surface area (Å²) in [6.45, 7) is 2.26. The van der Waals surface area contributed by atoms with Gasteiger partial charge in [0.15, 0.2) is 0 Å². The van der Waals surface area contributed by atoms with Gasteiger partial charge in [-0.3, -0.25) is 4.79 Å². The molecule has 0 aliphatic heterocycles.